The summed E-state index contributed by atoms with van der Waals surface area (Å²) in [6.07, 6.45) is -0.771. The number of aliphatic hydroxyl groups excluding tert-OH is 1. The second-order valence-electron chi connectivity index (χ2n) is 9.70. The van der Waals surface area contributed by atoms with Gasteiger partial charge in [-0.1, -0.05) is 30.3 Å². The lowest BCUT2D eigenvalue weighted by molar-refractivity contribution is -0.185. The number of nitrogens with zero attached hydrogens (tertiary/aromatic N) is 2. The van der Waals surface area contributed by atoms with Gasteiger partial charge in [0.2, 0.25) is 5.91 Å². The fourth-order valence-electron chi connectivity index (χ4n) is 5.21. The highest BCUT2D eigenvalue weighted by molar-refractivity contribution is 5.95. The van der Waals surface area contributed by atoms with E-state index in [2.05, 4.69) is 10.3 Å². The summed E-state index contributed by atoms with van der Waals surface area (Å²) in [6, 6.07) is 11.5. The van der Waals surface area contributed by atoms with E-state index < -0.39 is 30.0 Å². The molecule has 200 valence electrons. The first-order valence-corrected chi connectivity index (χ1v) is 12.7. The largest absolute Gasteiger partial charge is 0.489 e. The molecule has 0 bridgehead atoms. The van der Waals surface area contributed by atoms with Crippen LogP contribution in [0, 0.1) is 11.8 Å². The Bertz CT molecular complexity index is 1060. The van der Waals surface area contributed by atoms with Gasteiger partial charge in [-0.05, 0) is 56.2 Å². The molecule has 10 heteroatoms. The van der Waals surface area contributed by atoms with Crippen molar-refractivity contribution in [2.45, 2.75) is 56.8 Å². The first kappa shape index (κ1) is 26.9. The number of pyridine rings is 1. The molecule has 2 heterocycles. The molecule has 0 spiro atoms. The first-order chi connectivity index (χ1) is 17.8. The lowest BCUT2D eigenvalue weighted by atomic mass is 9.81. The quantitative estimate of drug-likeness (QED) is 0.543. The fourth-order valence-corrected chi connectivity index (χ4v) is 5.21. The van der Waals surface area contributed by atoms with Crippen molar-refractivity contribution in [2.24, 2.45) is 11.8 Å². The summed E-state index contributed by atoms with van der Waals surface area (Å²) in [5, 5.41) is 12.6. The van der Waals surface area contributed by atoms with Gasteiger partial charge in [0.1, 0.15) is 6.61 Å². The minimum absolute atomic E-state index is 0.0130. The number of carbonyl (C=O) groups excluding carboxylic acids is 2. The Kier molecular flexibility index (Phi) is 8.68. The van der Waals surface area contributed by atoms with E-state index in [1.807, 2.05) is 18.2 Å². The Morgan fingerprint density at radius 1 is 1.08 bits per heavy atom. The van der Waals surface area contributed by atoms with Gasteiger partial charge in [-0.2, -0.15) is 13.2 Å². The SMILES string of the molecule is O=C(N[C@H](CO)c1ccccc1)c1ncccc1OC[C@H]1CCCN1C(=O)C1CCC(C(F)(F)F)CC1. The van der Waals surface area contributed by atoms with E-state index in [4.69, 9.17) is 4.74 Å². The molecule has 7 nitrogen and oxygen atoms in total. The topological polar surface area (TPSA) is 91.8 Å². The molecule has 2 aromatic rings. The number of benzene rings is 1. The van der Waals surface area contributed by atoms with E-state index in [1.54, 1.807) is 29.2 Å². The third-order valence-electron chi connectivity index (χ3n) is 7.31. The highest BCUT2D eigenvalue weighted by atomic mass is 19.4. The summed E-state index contributed by atoms with van der Waals surface area (Å²) in [5.41, 5.74) is 0.819. The zero-order valence-corrected chi connectivity index (χ0v) is 20.5. The maximum Gasteiger partial charge on any atom is 0.391 e. The summed E-state index contributed by atoms with van der Waals surface area (Å²) in [5.74, 6) is -2.07. The molecule has 2 atom stereocenters. The molecule has 1 aromatic carbocycles. The van der Waals surface area contributed by atoms with Gasteiger partial charge >= 0.3 is 6.18 Å². The van der Waals surface area contributed by atoms with E-state index in [9.17, 15) is 27.9 Å². The van der Waals surface area contributed by atoms with Gasteiger partial charge < -0.3 is 20.1 Å². The number of nitrogens with one attached hydrogen (secondary N) is 1. The van der Waals surface area contributed by atoms with Crippen LogP contribution in [-0.4, -0.2) is 58.8 Å². The number of ether oxygens (including phenoxy) is 1. The number of aliphatic hydroxyl groups is 1. The van der Waals surface area contributed by atoms with Gasteiger partial charge in [-0.15, -0.1) is 0 Å². The predicted octanol–water partition coefficient (Wildman–Crippen LogP) is 4.28. The van der Waals surface area contributed by atoms with Gasteiger partial charge in [-0.3, -0.25) is 9.59 Å². The van der Waals surface area contributed by atoms with E-state index in [0.717, 1.165) is 12.0 Å². The lowest BCUT2D eigenvalue weighted by Crippen LogP contribution is -2.44. The van der Waals surface area contributed by atoms with Crippen LogP contribution in [0.25, 0.3) is 0 Å². The van der Waals surface area contributed by atoms with Crippen molar-refractivity contribution in [1.82, 2.24) is 15.2 Å². The Hall–Kier alpha value is -3.14. The average Bonchev–Trinajstić information content (AvgIpc) is 3.39. The average molecular weight is 520 g/mol. The molecule has 0 radical (unpaired) electrons. The van der Waals surface area contributed by atoms with E-state index in [1.165, 1.54) is 6.20 Å². The fraction of sp³-hybridized carbons (Fsp3) is 0.519. The number of alkyl halides is 3. The molecule has 1 aliphatic carbocycles. The molecule has 1 saturated carbocycles. The second-order valence-corrected chi connectivity index (χ2v) is 9.70. The number of rotatable bonds is 8. The normalized spacial score (nSPS) is 22.9. The number of aromatic nitrogens is 1. The Morgan fingerprint density at radius 3 is 2.49 bits per heavy atom. The molecule has 1 saturated heterocycles. The first-order valence-electron chi connectivity index (χ1n) is 12.7. The van der Waals surface area contributed by atoms with Gasteiger partial charge in [0.25, 0.3) is 5.91 Å². The van der Waals surface area contributed by atoms with E-state index in [-0.39, 0.29) is 62.3 Å². The van der Waals surface area contributed by atoms with Crippen LogP contribution in [0.2, 0.25) is 0 Å². The summed E-state index contributed by atoms with van der Waals surface area (Å²) in [4.78, 5) is 32.0. The predicted molar refractivity (Wildman–Crippen MR) is 130 cm³/mol. The maximum atomic E-state index is 13.1. The van der Waals surface area contributed by atoms with Crippen molar-refractivity contribution in [3.05, 3.63) is 59.9 Å². The van der Waals surface area contributed by atoms with Crippen LogP contribution in [0.15, 0.2) is 48.7 Å². The van der Waals surface area contributed by atoms with Crippen LogP contribution in [0.1, 0.15) is 60.6 Å². The molecule has 2 aliphatic rings. The summed E-state index contributed by atoms with van der Waals surface area (Å²) >= 11 is 0. The summed E-state index contributed by atoms with van der Waals surface area (Å²) < 4.78 is 45.0. The van der Waals surface area contributed by atoms with Crippen LogP contribution in [0.3, 0.4) is 0 Å². The number of likely N-dealkylation sites (tertiary alicyclic amines) is 1. The third kappa shape index (κ3) is 6.60. The molecule has 1 aromatic heterocycles. The van der Waals surface area contributed by atoms with E-state index in [0.29, 0.717) is 13.0 Å². The summed E-state index contributed by atoms with van der Waals surface area (Å²) in [6.45, 7) is 0.405. The number of hydrogen-bond donors (Lipinski definition) is 2. The minimum atomic E-state index is -4.20. The molecule has 2 fully saturated rings. The Morgan fingerprint density at radius 2 is 1.81 bits per heavy atom. The third-order valence-corrected chi connectivity index (χ3v) is 7.31. The van der Waals surface area contributed by atoms with Crippen molar-refractivity contribution in [3.8, 4) is 5.75 Å². The highest BCUT2D eigenvalue weighted by Crippen LogP contribution is 2.40. The number of hydrogen-bond acceptors (Lipinski definition) is 5. The van der Waals surface area contributed by atoms with Gasteiger partial charge in [0, 0.05) is 18.7 Å². The highest BCUT2D eigenvalue weighted by Gasteiger charge is 2.44. The van der Waals surface area contributed by atoms with Gasteiger partial charge in [0.15, 0.2) is 11.4 Å². The molecule has 2 N–H and O–H groups in total. The minimum Gasteiger partial charge on any atom is -0.489 e. The standard InChI is InChI=1S/C27H32F3N3O4/c28-27(29,30)20-12-10-19(11-13-20)26(36)33-15-5-8-21(33)17-37-23-9-4-14-31-24(23)25(35)32-22(16-34)18-6-2-1-3-7-18/h1-4,6-7,9,14,19-22,34H,5,8,10-13,15-17H2,(H,32,35)/t19?,20?,21-,22-/m1/s1. The molecular formula is C27H32F3N3O4. The number of amides is 2. The molecular weight excluding hydrogens is 487 g/mol. The van der Waals surface area contributed by atoms with Crippen molar-refractivity contribution in [2.75, 3.05) is 19.8 Å². The van der Waals surface area contributed by atoms with Crippen LogP contribution in [0.4, 0.5) is 13.2 Å². The van der Waals surface area contributed by atoms with Crippen molar-refractivity contribution < 1.29 is 32.6 Å². The number of carbonyl (C=O) groups is 2. The van der Waals surface area contributed by atoms with Crippen molar-refractivity contribution in [1.29, 1.82) is 0 Å². The maximum absolute atomic E-state index is 13.1. The van der Waals surface area contributed by atoms with Gasteiger partial charge in [0.05, 0.1) is 24.6 Å². The van der Waals surface area contributed by atoms with Crippen LogP contribution >= 0.6 is 0 Å². The van der Waals surface area contributed by atoms with Crippen LogP contribution in [0.5, 0.6) is 5.75 Å². The van der Waals surface area contributed by atoms with Crippen molar-refractivity contribution in [3.63, 3.8) is 0 Å². The molecule has 4 rings (SSSR count). The number of halogens is 3. The van der Waals surface area contributed by atoms with Crippen molar-refractivity contribution >= 4 is 11.8 Å². The van der Waals surface area contributed by atoms with Crippen LogP contribution < -0.4 is 10.1 Å². The molecule has 0 unspecified atom stereocenters. The second kappa shape index (κ2) is 11.9. The zero-order chi connectivity index (χ0) is 26.4. The van der Waals surface area contributed by atoms with Gasteiger partial charge in [-0.25, -0.2) is 4.98 Å². The monoisotopic (exact) mass is 519 g/mol. The smallest absolute Gasteiger partial charge is 0.391 e. The van der Waals surface area contributed by atoms with Crippen LogP contribution in [-0.2, 0) is 4.79 Å². The molecule has 37 heavy (non-hydrogen) atoms. The zero-order valence-electron chi connectivity index (χ0n) is 20.5. The Labute approximate surface area is 214 Å². The molecule has 1 aliphatic heterocycles. The lowest BCUT2D eigenvalue weighted by Gasteiger charge is -2.33. The molecule has 2 amide bonds. The Balaban J connectivity index is 1.36. The van der Waals surface area contributed by atoms with E-state index >= 15 is 0 Å². The summed E-state index contributed by atoms with van der Waals surface area (Å²) in [7, 11) is 0.